The molecule has 2 unspecified atom stereocenters. The van der Waals surface area contributed by atoms with Crippen LogP contribution in [0, 0.1) is 27.2 Å². The molecule has 116 valence electrons. The quantitative estimate of drug-likeness (QED) is 0.641. The van der Waals surface area contributed by atoms with Crippen molar-refractivity contribution in [3.05, 3.63) is 73.0 Å². The van der Waals surface area contributed by atoms with Crippen LogP contribution in [-0.4, -0.2) is 15.9 Å². The van der Waals surface area contributed by atoms with Crippen LogP contribution in [0.1, 0.15) is 18.1 Å². The Labute approximate surface area is 126 Å². The summed E-state index contributed by atoms with van der Waals surface area (Å²) in [5, 5.41) is 22.6. The first-order valence-electron chi connectivity index (χ1n) is 6.52. The molecule has 0 fully saturated rings. The van der Waals surface area contributed by atoms with E-state index in [1.165, 1.54) is 24.3 Å². The molecule has 0 bridgehead atoms. The van der Waals surface area contributed by atoms with Crippen molar-refractivity contribution in [1.29, 1.82) is 0 Å². The summed E-state index contributed by atoms with van der Waals surface area (Å²) >= 11 is 0. The van der Waals surface area contributed by atoms with Crippen LogP contribution in [0.2, 0.25) is 0 Å². The largest absolute Gasteiger partial charge is 0.399 e. The highest BCUT2D eigenvalue weighted by Gasteiger charge is 2.48. The Kier molecular flexibility index (Phi) is 3.72. The number of allylic oxidation sites excluding steroid dienone is 1. The third-order valence-electron chi connectivity index (χ3n) is 3.78. The zero-order valence-corrected chi connectivity index (χ0v) is 12.1. The molecule has 1 aromatic carbocycles. The number of aryl methyl sites for hydroxylation is 1. The maximum Gasteiger partial charge on any atom is 0.275 e. The molecule has 8 heteroatoms. The first kappa shape index (κ1) is 15.6. The zero-order valence-electron chi connectivity index (χ0n) is 12.1. The lowest BCUT2D eigenvalue weighted by Crippen LogP contribution is -2.51. The van der Waals surface area contributed by atoms with Crippen molar-refractivity contribution < 1.29 is 9.85 Å². The van der Waals surface area contributed by atoms with Crippen molar-refractivity contribution >= 4 is 5.69 Å². The highest BCUT2D eigenvalue weighted by molar-refractivity contribution is 5.53. The number of nitro benzene ring substituents is 1. The average molecular weight is 304 g/mol. The molecular weight excluding hydrogens is 288 g/mol. The highest BCUT2D eigenvalue weighted by atomic mass is 16.6. The van der Waals surface area contributed by atoms with Gasteiger partial charge in [0.15, 0.2) is 0 Å². The van der Waals surface area contributed by atoms with Crippen LogP contribution in [0.5, 0.6) is 0 Å². The molecule has 22 heavy (non-hydrogen) atoms. The summed E-state index contributed by atoms with van der Waals surface area (Å²) in [4.78, 5) is 21.5. The third-order valence-corrected chi connectivity index (χ3v) is 3.78. The van der Waals surface area contributed by atoms with E-state index in [1.54, 1.807) is 19.9 Å². The number of hydrogen-bond acceptors (Lipinski definition) is 6. The third kappa shape index (κ3) is 2.44. The van der Waals surface area contributed by atoms with Gasteiger partial charge in [0.1, 0.15) is 5.54 Å². The van der Waals surface area contributed by atoms with Gasteiger partial charge in [0, 0.05) is 22.8 Å². The molecule has 4 N–H and O–H groups in total. The van der Waals surface area contributed by atoms with Gasteiger partial charge in [0.2, 0.25) is 0 Å². The van der Waals surface area contributed by atoms with Gasteiger partial charge in [-0.05, 0) is 31.6 Å². The van der Waals surface area contributed by atoms with Crippen molar-refractivity contribution in [2.45, 2.75) is 25.4 Å². The zero-order chi connectivity index (χ0) is 16.7. The van der Waals surface area contributed by atoms with E-state index in [-0.39, 0.29) is 16.9 Å². The molecule has 0 heterocycles. The summed E-state index contributed by atoms with van der Waals surface area (Å²) in [5.74, 6) is 0. The van der Waals surface area contributed by atoms with Gasteiger partial charge in [-0.15, -0.1) is 0 Å². The summed E-state index contributed by atoms with van der Waals surface area (Å²) in [6, 6.07) is 3.00. The predicted molar refractivity (Wildman–Crippen MR) is 80.5 cm³/mol. The molecule has 2 rings (SSSR count). The molecule has 1 aromatic rings. The Hall–Kier alpha value is -2.74. The van der Waals surface area contributed by atoms with E-state index in [4.69, 9.17) is 11.5 Å². The van der Waals surface area contributed by atoms with Crippen molar-refractivity contribution in [1.82, 2.24) is 0 Å². The van der Waals surface area contributed by atoms with Crippen LogP contribution < -0.4 is 11.5 Å². The molecule has 0 saturated carbocycles. The summed E-state index contributed by atoms with van der Waals surface area (Å²) in [5.41, 5.74) is 11.7. The van der Waals surface area contributed by atoms with Gasteiger partial charge in [0.25, 0.3) is 11.7 Å². The van der Waals surface area contributed by atoms with Crippen LogP contribution in [0.3, 0.4) is 0 Å². The minimum absolute atomic E-state index is 0.0994. The number of nitro groups is 2. The smallest absolute Gasteiger partial charge is 0.275 e. The fourth-order valence-electron chi connectivity index (χ4n) is 2.59. The number of benzene rings is 1. The Morgan fingerprint density at radius 3 is 2.41 bits per heavy atom. The maximum atomic E-state index is 11.4. The fourth-order valence-corrected chi connectivity index (χ4v) is 2.59. The van der Waals surface area contributed by atoms with Crippen LogP contribution in [-0.2, 0) is 5.54 Å². The minimum Gasteiger partial charge on any atom is -0.399 e. The SMILES string of the molecule is CC1=CC(N)(c2cc(C)ccc2[N+](=O)[O-])C([N+](=O)[O-])C=C1N. The Bertz CT molecular complexity index is 726. The molecule has 0 aromatic heterocycles. The molecule has 0 amide bonds. The highest BCUT2D eigenvalue weighted by Crippen LogP contribution is 2.38. The topological polar surface area (TPSA) is 138 Å². The summed E-state index contributed by atoms with van der Waals surface area (Å²) in [6.45, 7) is 3.40. The van der Waals surface area contributed by atoms with Crippen LogP contribution >= 0.6 is 0 Å². The lowest BCUT2D eigenvalue weighted by Gasteiger charge is -2.31. The van der Waals surface area contributed by atoms with Crippen LogP contribution in [0.25, 0.3) is 0 Å². The van der Waals surface area contributed by atoms with Gasteiger partial charge in [0.05, 0.1) is 10.5 Å². The monoisotopic (exact) mass is 304 g/mol. The first-order valence-corrected chi connectivity index (χ1v) is 6.52. The molecule has 2 atom stereocenters. The minimum atomic E-state index is -1.63. The van der Waals surface area contributed by atoms with Crippen molar-refractivity contribution in [3.8, 4) is 0 Å². The van der Waals surface area contributed by atoms with E-state index in [1.807, 2.05) is 0 Å². The van der Waals surface area contributed by atoms with Gasteiger partial charge in [-0.3, -0.25) is 20.2 Å². The van der Waals surface area contributed by atoms with Gasteiger partial charge in [-0.2, -0.15) is 0 Å². The van der Waals surface area contributed by atoms with E-state index in [2.05, 4.69) is 0 Å². The van der Waals surface area contributed by atoms with E-state index >= 15 is 0 Å². The van der Waals surface area contributed by atoms with Gasteiger partial charge >= 0.3 is 0 Å². The van der Waals surface area contributed by atoms with E-state index < -0.39 is 21.4 Å². The van der Waals surface area contributed by atoms with Crippen LogP contribution in [0.15, 0.2) is 41.6 Å². The molecule has 0 saturated heterocycles. The fraction of sp³-hybridized carbons (Fsp3) is 0.286. The lowest BCUT2D eigenvalue weighted by atomic mass is 9.77. The molecule has 0 spiro atoms. The number of nitrogens with zero attached hydrogens (tertiary/aromatic N) is 2. The lowest BCUT2D eigenvalue weighted by molar-refractivity contribution is -0.519. The van der Waals surface area contributed by atoms with Gasteiger partial charge in [-0.1, -0.05) is 11.6 Å². The molecular formula is C14H16N4O4. The normalized spacial score (nSPS) is 24.4. The average Bonchev–Trinajstić information content (AvgIpc) is 2.42. The summed E-state index contributed by atoms with van der Waals surface area (Å²) in [6.07, 6.45) is 2.67. The molecule has 8 nitrogen and oxygen atoms in total. The van der Waals surface area contributed by atoms with Crippen molar-refractivity contribution in [2.24, 2.45) is 11.5 Å². The van der Waals surface area contributed by atoms with Crippen LogP contribution in [0.4, 0.5) is 5.69 Å². The van der Waals surface area contributed by atoms with E-state index in [0.717, 1.165) is 5.56 Å². The van der Waals surface area contributed by atoms with Gasteiger partial charge < -0.3 is 11.5 Å². The van der Waals surface area contributed by atoms with E-state index in [9.17, 15) is 20.2 Å². The molecule has 0 aliphatic heterocycles. The standard InChI is InChI=1S/C14H16N4O4/c1-8-3-4-12(17(19)20)10(5-8)14(16)7-9(2)11(15)6-13(14)18(21)22/h3-7,13H,15-16H2,1-2H3. The maximum absolute atomic E-state index is 11.4. The Balaban J connectivity index is 2.75. The second-order valence-corrected chi connectivity index (χ2v) is 5.39. The van der Waals surface area contributed by atoms with Gasteiger partial charge in [-0.25, -0.2) is 0 Å². The van der Waals surface area contributed by atoms with Crippen molar-refractivity contribution in [2.75, 3.05) is 0 Å². The second kappa shape index (κ2) is 5.23. The Morgan fingerprint density at radius 1 is 1.23 bits per heavy atom. The van der Waals surface area contributed by atoms with Crippen molar-refractivity contribution in [3.63, 3.8) is 0 Å². The number of rotatable bonds is 3. The molecule has 1 aliphatic rings. The van der Waals surface area contributed by atoms with E-state index in [0.29, 0.717) is 5.57 Å². The molecule has 1 aliphatic carbocycles. The summed E-state index contributed by atoms with van der Waals surface area (Å²) < 4.78 is 0. The number of nitrogens with two attached hydrogens (primary N) is 2. The predicted octanol–water partition coefficient (Wildman–Crippen LogP) is 1.51. The second-order valence-electron chi connectivity index (χ2n) is 5.39. The Morgan fingerprint density at radius 2 is 1.86 bits per heavy atom. The number of hydrogen-bond donors (Lipinski definition) is 2. The molecule has 0 radical (unpaired) electrons. The summed E-state index contributed by atoms with van der Waals surface area (Å²) in [7, 11) is 0. The first-order chi connectivity index (χ1) is 10.2.